The summed E-state index contributed by atoms with van der Waals surface area (Å²) in [6.45, 7) is 0.719. The molecular formula is C16H14F2N2O4S. The van der Waals surface area contributed by atoms with Gasteiger partial charge in [0, 0.05) is 18.8 Å². The van der Waals surface area contributed by atoms with Gasteiger partial charge in [0.25, 0.3) is 15.9 Å². The number of amides is 1. The number of carbonyl (C=O) groups excluding carboxylic acids is 1. The molecular weight excluding hydrogens is 354 g/mol. The van der Waals surface area contributed by atoms with Crippen LogP contribution in [-0.2, 0) is 10.0 Å². The Morgan fingerprint density at radius 1 is 1.16 bits per heavy atom. The van der Waals surface area contributed by atoms with Crippen LogP contribution in [-0.4, -0.2) is 39.4 Å². The number of ether oxygens (including phenoxy) is 1. The molecule has 0 unspecified atom stereocenters. The Hall–Kier alpha value is -2.68. The number of sulfonamides is 1. The lowest BCUT2D eigenvalue weighted by atomic mass is 10.1. The van der Waals surface area contributed by atoms with Gasteiger partial charge >= 0.3 is 0 Å². The van der Waals surface area contributed by atoms with Crippen LogP contribution in [0.1, 0.15) is 10.4 Å². The fourth-order valence-corrected chi connectivity index (χ4v) is 3.50. The van der Waals surface area contributed by atoms with Gasteiger partial charge in [-0.1, -0.05) is 0 Å². The number of hydrogen-bond acceptors (Lipinski definition) is 4. The normalized spacial score (nSPS) is 14.5. The number of benzene rings is 2. The van der Waals surface area contributed by atoms with Crippen LogP contribution in [0.25, 0.3) is 0 Å². The third-order valence-electron chi connectivity index (χ3n) is 3.68. The third kappa shape index (κ3) is 3.41. The fraction of sp³-hybridized carbons (Fsp3) is 0.188. The lowest BCUT2D eigenvalue weighted by molar-refractivity contribution is 0.0796. The molecule has 1 N–H and O–H groups in total. The van der Waals surface area contributed by atoms with Crippen molar-refractivity contribution in [1.29, 1.82) is 0 Å². The highest BCUT2D eigenvalue weighted by atomic mass is 32.2. The van der Waals surface area contributed by atoms with E-state index in [0.717, 1.165) is 12.1 Å². The lowest BCUT2D eigenvalue weighted by Gasteiger charge is -2.14. The maximum atomic E-state index is 13.7. The van der Waals surface area contributed by atoms with E-state index in [1.165, 1.54) is 23.1 Å². The Labute approximate surface area is 143 Å². The number of carbonyl (C=O) groups is 1. The van der Waals surface area contributed by atoms with E-state index in [-0.39, 0.29) is 17.2 Å². The SMILES string of the molecule is CN1CCOc2ccc(NS(=O)(=O)c3ccc(F)cc3F)cc2C1=O. The van der Waals surface area contributed by atoms with Crippen molar-refractivity contribution in [1.82, 2.24) is 4.90 Å². The molecule has 1 aliphatic rings. The molecule has 1 heterocycles. The number of fused-ring (bicyclic) bond motifs is 1. The van der Waals surface area contributed by atoms with Crippen LogP contribution in [0.5, 0.6) is 5.75 Å². The van der Waals surface area contributed by atoms with E-state index in [1.54, 1.807) is 7.05 Å². The molecule has 0 saturated heterocycles. The first-order valence-electron chi connectivity index (χ1n) is 7.28. The van der Waals surface area contributed by atoms with Crippen molar-refractivity contribution in [3.63, 3.8) is 0 Å². The lowest BCUT2D eigenvalue weighted by Crippen LogP contribution is -2.27. The van der Waals surface area contributed by atoms with Gasteiger partial charge in [0.2, 0.25) is 0 Å². The van der Waals surface area contributed by atoms with Gasteiger partial charge in [0.05, 0.1) is 12.1 Å². The van der Waals surface area contributed by atoms with Gasteiger partial charge in [-0.05, 0) is 30.3 Å². The Morgan fingerprint density at radius 3 is 2.64 bits per heavy atom. The predicted molar refractivity (Wildman–Crippen MR) is 86.1 cm³/mol. The summed E-state index contributed by atoms with van der Waals surface area (Å²) in [6.07, 6.45) is 0. The van der Waals surface area contributed by atoms with Crippen LogP contribution >= 0.6 is 0 Å². The van der Waals surface area contributed by atoms with E-state index in [4.69, 9.17) is 4.74 Å². The molecule has 132 valence electrons. The van der Waals surface area contributed by atoms with Crippen molar-refractivity contribution in [2.45, 2.75) is 4.90 Å². The summed E-state index contributed by atoms with van der Waals surface area (Å²) in [5.74, 6) is -2.07. The second-order valence-corrected chi connectivity index (χ2v) is 7.12. The first-order chi connectivity index (χ1) is 11.8. The summed E-state index contributed by atoms with van der Waals surface area (Å²) in [6, 6.07) is 6.34. The molecule has 0 bridgehead atoms. The molecule has 0 saturated carbocycles. The number of anilines is 1. The van der Waals surface area contributed by atoms with Gasteiger partial charge in [-0.3, -0.25) is 9.52 Å². The van der Waals surface area contributed by atoms with Crippen molar-refractivity contribution in [3.8, 4) is 5.75 Å². The van der Waals surface area contributed by atoms with Crippen molar-refractivity contribution in [2.75, 3.05) is 24.9 Å². The van der Waals surface area contributed by atoms with Gasteiger partial charge in [0.1, 0.15) is 28.9 Å². The average molecular weight is 368 g/mol. The summed E-state index contributed by atoms with van der Waals surface area (Å²) >= 11 is 0. The van der Waals surface area contributed by atoms with Gasteiger partial charge < -0.3 is 9.64 Å². The van der Waals surface area contributed by atoms with Crippen LogP contribution in [0.2, 0.25) is 0 Å². The number of rotatable bonds is 3. The highest BCUT2D eigenvalue weighted by Gasteiger charge is 2.24. The second-order valence-electron chi connectivity index (χ2n) is 5.47. The Bertz CT molecular complexity index is 947. The van der Waals surface area contributed by atoms with Crippen molar-refractivity contribution < 1.29 is 26.7 Å². The summed E-state index contributed by atoms with van der Waals surface area (Å²) in [4.78, 5) is 13.0. The van der Waals surface area contributed by atoms with Crippen LogP contribution in [0.15, 0.2) is 41.3 Å². The summed E-state index contributed by atoms with van der Waals surface area (Å²) in [7, 11) is -2.68. The minimum atomic E-state index is -4.28. The monoisotopic (exact) mass is 368 g/mol. The maximum Gasteiger partial charge on any atom is 0.264 e. The summed E-state index contributed by atoms with van der Waals surface area (Å²) in [5, 5.41) is 0. The Morgan fingerprint density at radius 2 is 1.92 bits per heavy atom. The molecule has 0 fully saturated rings. The van der Waals surface area contributed by atoms with Crippen LogP contribution in [0, 0.1) is 11.6 Å². The first-order valence-corrected chi connectivity index (χ1v) is 8.76. The van der Waals surface area contributed by atoms with E-state index >= 15 is 0 Å². The molecule has 3 rings (SSSR count). The molecule has 0 aromatic heterocycles. The van der Waals surface area contributed by atoms with Gasteiger partial charge in [-0.15, -0.1) is 0 Å². The van der Waals surface area contributed by atoms with Crippen molar-refractivity contribution >= 4 is 21.6 Å². The Balaban J connectivity index is 1.96. The molecule has 0 aliphatic carbocycles. The zero-order valence-electron chi connectivity index (χ0n) is 13.1. The minimum Gasteiger partial charge on any atom is -0.491 e. The Kier molecular flexibility index (Phi) is 4.34. The van der Waals surface area contributed by atoms with Crippen LogP contribution in [0.4, 0.5) is 14.5 Å². The number of nitrogens with one attached hydrogen (secondary N) is 1. The van der Waals surface area contributed by atoms with Crippen LogP contribution in [0.3, 0.4) is 0 Å². The number of likely N-dealkylation sites (N-methyl/N-ethyl adjacent to an activating group) is 1. The fourth-order valence-electron chi connectivity index (χ4n) is 2.39. The average Bonchev–Trinajstić information content (AvgIpc) is 2.67. The van der Waals surface area contributed by atoms with Gasteiger partial charge in [0.15, 0.2) is 0 Å². The highest BCUT2D eigenvalue weighted by molar-refractivity contribution is 7.92. The zero-order chi connectivity index (χ0) is 18.2. The molecule has 0 radical (unpaired) electrons. The number of hydrogen-bond donors (Lipinski definition) is 1. The minimum absolute atomic E-state index is 0.0646. The van der Waals surface area contributed by atoms with E-state index in [9.17, 15) is 22.0 Å². The molecule has 25 heavy (non-hydrogen) atoms. The largest absolute Gasteiger partial charge is 0.491 e. The standard InChI is InChI=1S/C16H14F2N2O4S/c1-20-6-7-24-14-4-3-11(9-12(14)16(20)21)19-25(22,23)15-5-2-10(17)8-13(15)18/h2-5,8-9,19H,6-7H2,1H3. The highest BCUT2D eigenvalue weighted by Crippen LogP contribution is 2.28. The molecule has 0 spiro atoms. The topological polar surface area (TPSA) is 75.7 Å². The molecule has 6 nitrogen and oxygen atoms in total. The molecule has 2 aromatic carbocycles. The molecule has 1 amide bonds. The van der Waals surface area contributed by atoms with Crippen molar-refractivity contribution in [3.05, 3.63) is 53.6 Å². The third-order valence-corrected chi connectivity index (χ3v) is 5.09. The number of halogens is 2. The van der Waals surface area contributed by atoms with E-state index in [0.29, 0.717) is 25.0 Å². The zero-order valence-corrected chi connectivity index (χ0v) is 13.9. The van der Waals surface area contributed by atoms with Gasteiger partial charge in [-0.25, -0.2) is 17.2 Å². The molecule has 2 aromatic rings. The van der Waals surface area contributed by atoms with E-state index < -0.39 is 26.6 Å². The number of nitrogens with zero attached hydrogens (tertiary/aromatic N) is 1. The first kappa shape index (κ1) is 17.2. The summed E-state index contributed by atoms with van der Waals surface area (Å²) in [5.41, 5.74) is 0.259. The smallest absolute Gasteiger partial charge is 0.264 e. The second kappa shape index (κ2) is 6.32. The van der Waals surface area contributed by atoms with E-state index in [1.807, 2.05) is 0 Å². The molecule has 0 atom stereocenters. The van der Waals surface area contributed by atoms with Crippen molar-refractivity contribution in [2.24, 2.45) is 0 Å². The van der Waals surface area contributed by atoms with Gasteiger partial charge in [-0.2, -0.15) is 0 Å². The quantitative estimate of drug-likeness (QED) is 0.902. The summed E-state index contributed by atoms with van der Waals surface area (Å²) < 4.78 is 59.0. The molecule has 9 heteroatoms. The van der Waals surface area contributed by atoms with Crippen LogP contribution < -0.4 is 9.46 Å². The maximum absolute atomic E-state index is 13.7. The van der Waals surface area contributed by atoms with E-state index in [2.05, 4.69) is 4.72 Å². The molecule has 1 aliphatic heterocycles. The predicted octanol–water partition coefficient (Wildman–Crippen LogP) is 2.23.